The molecule has 202 valence electrons. The highest BCUT2D eigenvalue weighted by atomic mass is 19.1. The normalized spacial score (nSPS) is 41.3. The van der Waals surface area contributed by atoms with E-state index in [1.165, 1.54) is 4.80 Å². The minimum Gasteiger partial charge on any atom is -0.390 e. The highest BCUT2D eigenvalue weighted by Gasteiger charge is 2.63. The van der Waals surface area contributed by atoms with Gasteiger partial charge in [0.2, 0.25) is 0 Å². The minimum absolute atomic E-state index is 0.00289. The van der Waals surface area contributed by atoms with Crippen LogP contribution in [0.2, 0.25) is 0 Å². The molecule has 0 aliphatic heterocycles. The molecule has 0 radical (unpaired) electrons. The summed E-state index contributed by atoms with van der Waals surface area (Å²) in [4.78, 5) is 14.9. The maximum Gasteiger partial charge on any atom is 0.159 e. The van der Waals surface area contributed by atoms with Crippen LogP contribution in [0.5, 0.6) is 0 Å². The maximum absolute atomic E-state index is 14.1. The van der Waals surface area contributed by atoms with Gasteiger partial charge in [-0.1, -0.05) is 6.92 Å². The topological polar surface area (TPSA) is 77.2 Å². The van der Waals surface area contributed by atoms with Crippen molar-refractivity contribution in [2.24, 2.45) is 40.4 Å². The fourth-order valence-electron chi connectivity index (χ4n) is 9.62. The van der Waals surface area contributed by atoms with Gasteiger partial charge in [-0.25, -0.2) is 8.78 Å². The van der Waals surface area contributed by atoms with E-state index in [9.17, 15) is 18.7 Å². The van der Waals surface area contributed by atoms with Crippen LogP contribution >= 0.6 is 0 Å². The third-order valence-corrected chi connectivity index (χ3v) is 11.2. The highest BCUT2D eigenvalue weighted by Crippen LogP contribution is 2.68. The summed E-state index contributed by atoms with van der Waals surface area (Å²) in [5.74, 6) is 0.701. The Morgan fingerprint density at radius 3 is 2.68 bits per heavy atom. The molecule has 4 fully saturated rings. The van der Waals surface area contributed by atoms with Crippen molar-refractivity contribution in [2.75, 3.05) is 13.7 Å². The van der Waals surface area contributed by atoms with Gasteiger partial charge < -0.3 is 9.84 Å². The van der Waals surface area contributed by atoms with Gasteiger partial charge in [-0.3, -0.25) is 4.79 Å². The number of Topliss-reactive ketones (excluding diaryl/α,β-unsaturated/α-hetero) is 1. The molecule has 1 aromatic carbocycles. The van der Waals surface area contributed by atoms with Crippen LogP contribution in [0, 0.1) is 52.1 Å². The summed E-state index contributed by atoms with van der Waals surface area (Å²) in [6, 6.07) is 1.94. The lowest BCUT2D eigenvalue weighted by atomic mass is 9.43. The Morgan fingerprint density at radius 2 is 1.89 bits per heavy atom. The Hall–Kier alpha value is -1.93. The molecule has 0 amide bonds. The fourth-order valence-corrected chi connectivity index (χ4v) is 9.62. The standard InChI is InChI=1S/C29H39F2N3O3/c1-27(36)10-11-29(16-37-3)17(14-27)4-5-19-20-6-7-22(28(20,2)9-8-21(19)29)25(35)15-34-32-24-13-18(30)12-23(31)26(24)33-34/h12-13,17,19-22,36H,4-11,14-16H2,1-3H3/t17-,19+,20+,21?,22-,27-,28+,29-/m1/s1. The van der Waals surface area contributed by atoms with Crippen molar-refractivity contribution in [1.29, 1.82) is 0 Å². The molecule has 1 aromatic heterocycles. The summed E-state index contributed by atoms with van der Waals surface area (Å²) in [5.41, 5.74) is -0.390. The molecule has 6 nitrogen and oxygen atoms in total. The number of methoxy groups -OCH3 is 1. The Balaban J connectivity index is 1.22. The Labute approximate surface area is 217 Å². The molecule has 1 unspecified atom stereocenters. The summed E-state index contributed by atoms with van der Waals surface area (Å²) >= 11 is 0. The van der Waals surface area contributed by atoms with Gasteiger partial charge >= 0.3 is 0 Å². The van der Waals surface area contributed by atoms with Gasteiger partial charge in [-0.05, 0) is 99.2 Å². The van der Waals surface area contributed by atoms with Crippen LogP contribution in [0.1, 0.15) is 71.6 Å². The second kappa shape index (κ2) is 8.80. The highest BCUT2D eigenvalue weighted by molar-refractivity contribution is 5.82. The van der Waals surface area contributed by atoms with E-state index in [-0.39, 0.29) is 40.1 Å². The van der Waals surface area contributed by atoms with E-state index in [0.29, 0.717) is 23.7 Å². The van der Waals surface area contributed by atoms with Gasteiger partial charge in [0.05, 0.1) is 12.2 Å². The van der Waals surface area contributed by atoms with Crippen molar-refractivity contribution in [1.82, 2.24) is 15.0 Å². The SMILES string of the molecule is COC[C@]12CC[C@@](C)(O)C[C@H]1CC[C@@H]1C2CC[C@]2(C)[C@@H](C(=O)Cn3nc4cc(F)cc(F)c4n3)CC[C@@H]12. The smallest absolute Gasteiger partial charge is 0.159 e. The number of rotatable bonds is 5. The summed E-state index contributed by atoms with van der Waals surface area (Å²) in [7, 11) is 1.81. The number of hydrogen-bond donors (Lipinski definition) is 1. The third kappa shape index (κ3) is 3.96. The largest absolute Gasteiger partial charge is 0.390 e. The number of halogens is 2. The molecule has 4 saturated carbocycles. The van der Waals surface area contributed by atoms with Crippen LogP contribution in [0.4, 0.5) is 8.78 Å². The first kappa shape index (κ1) is 25.4. The van der Waals surface area contributed by atoms with Crippen molar-refractivity contribution in [3.8, 4) is 0 Å². The molecule has 4 aliphatic rings. The lowest BCUT2D eigenvalue weighted by Gasteiger charge is -2.62. The molecule has 8 heteroatoms. The van der Waals surface area contributed by atoms with Crippen LogP contribution < -0.4 is 0 Å². The van der Waals surface area contributed by atoms with Gasteiger partial charge in [-0.2, -0.15) is 9.90 Å². The number of carbonyl (C=O) groups is 1. The van der Waals surface area contributed by atoms with Crippen molar-refractivity contribution >= 4 is 16.8 Å². The molecule has 0 spiro atoms. The molecule has 2 aromatic rings. The van der Waals surface area contributed by atoms with Crippen LogP contribution in [0.25, 0.3) is 11.0 Å². The molecular weight excluding hydrogens is 476 g/mol. The van der Waals surface area contributed by atoms with Crippen molar-refractivity contribution < 1.29 is 23.4 Å². The number of hydrogen-bond acceptors (Lipinski definition) is 5. The average molecular weight is 516 g/mol. The summed E-state index contributed by atoms with van der Waals surface area (Å²) in [6.07, 6.45) is 9.01. The first-order chi connectivity index (χ1) is 17.6. The number of carbonyl (C=O) groups excluding carboxylic acids is 1. The van der Waals surface area contributed by atoms with E-state index in [0.717, 1.165) is 76.5 Å². The first-order valence-corrected chi connectivity index (χ1v) is 14.0. The van der Waals surface area contributed by atoms with E-state index >= 15 is 0 Å². The predicted molar refractivity (Wildman–Crippen MR) is 134 cm³/mol. The minimum atomic E-state index is -0.760. The zero-order valence-corrected chi connectivity index (χ0v) is 22.2. The fraction of sp³-hybridized carbons (Fsp3) is 0.759. The number of aliphatic hydroxyl groups is 1. The summed E-state index contributed by atoms with van der Waals surface area (Å²) in [5, 5.41) is 19.2. The second-order valence-corrected chi connectivity index (χ2v) is 13.1. The van der Waals surface area contributed by atoms with Crippen molar-refractivity contribution in [3.05, 3.63) is 23.8 Å². The number of aromatic nitrogens is 3. The summed E-state index contributed by atoms with van der Waals surface area (Å²) < 4.78 is 33.6. The number of fused-ring (bicyclic) bond motifs is 6. The number of ether oxygens (including phenoxy) is 1. The van der Waals surface area contributed by atoms with Gasteiger partial charge in [0.15, 0.2) is 11.6 Å². The second-order valence-electron chi connectivity index (χ2n) is 13.1. The van der Waals surface area contributed by atoms with Gasteiger partial charge in [0.1, 0.15) is 23.4 Å². The molecule has 6 rings (SSSR count). The van der Waals surface area contributed by atoms with Crippen LogP contribution in [-0.2, 0) is 16.1 Å². The molecule has 0 saturated heterocycles. The van der Waals surface area contributed by atoms with E-state index in [1.54, 1.807) is 0 Å². The van der Waals surface area contributed by atoms with Crippen LogP contribution in [0.3, 0.4) is 0 Å². The third-order valence-electron chi connectivity index (χ3n) is 11.2. The molecular formula is C29H39F2N3O3. The Bertz CT molecular complexity index is 1210. The lowest BCUT2D eigenvalue weighted by Crippen LogP contribution is -2.58. The van der Waals surface area contributed by atoms with Gasteiger partial charge in [-0.15, -0.1) is 5.10 Å². The van der Waals surface area contributed by atoms with Gasteiger partial charge in [0, 0.05) is 25.2 Å². The Kier molecular flexibility index (Phi) is 6.03. The molecule has 1 heterocycles. The number of nitrogens with zero attached hydrogens (tertiary/aromatic N) is 3. The van der Waals surface area contributed by atoms with Crippen LogP contribution in [0.15, 0.2) is 12.1 Å². The number of ketones is 1. The van der Waals surface area contributed by atoms with E-state index < -0.39 is 17.2 Å². The molecule has 4 aliphatic carbocycles. The maximum atomic E-state index is 14.1. The zero-order chi connectivity index (χ0) is 26.2. The van der Waals surface area contributed by atoms with Crippen LogP contribution in [-0.4, -0.2) is 45.2 Å². The van der Waals surface area contributed by atoms with E-state index in [4.69, 9.17) is 4.74 Å². The predicted octanol–water partition coefficient (Wildman–Crippen LogP) is 5.32. The lowest BCUT2D eigenvalue weighted by molar-refractivity contribution is -0.175. The first-order valence-electron chi connectivity index (χ1n) is 14.0. The molecule has 37 heavy (non-hydrogen) atoms. The summed E-state index contributed by atoms with van der Waals surface area (Å²) in [6.45, 7) is 5.05. The molecule has 1 N–H and O–H groups in total. The molecule has 0 bridgehead atoms. The van der Waals surface area contributed by atoms with Gasteiger partial charge in [0.25, 0.3) is 0 Å². The zero-order valence-electron chi connectivity index (χ0n) is 22.2. The number of benzene rings is 1. The van der Waals surface area contributed by atoms with Crippen molar-refractivity contribution in [2.45, 2.75) is 83.8 Å². The Morgan fingerprint density at radius 1 is 1.08 bits per heavy atom. The molecule has 8 atom stereocenters. The van der Waals surface area contributed by atoms with E-state index in [2.05, 4.69) is 17.1 Å². The quantitative estimate of drug-likeness (QED) is 0.584. The van der Waals surface area contributed by atoms with Crippen molar-refractivity contribution in [3.63, 3.8) is 0 Å². The van der Waals surface area contributed by atoms with E-state index in [1.807, 2.05) is 14.0 Å². The average Bonchev–Trinajstić information content (AvgIpc) is 3.39. The monoisotopic (exact) mass is 515 g/mol.